The third-order valence-corrected chi connectivity index (χ3v) is 0.667. The molecule has 0 radical (unpaired) electrons. The highest BCUT2D eigenvalue weighted by Gasteiger charge is 2.34. The lowest BCUT2D eigenvalue weighted by Crippen LogP contribution is -2.32. The first kappa shape index (κ1) is 6.78. The van der Waals surface area contributed by atoms with Crippen LogP contribution in [0.2, 0.25) is 0 Å². The summed E-state index contributed by atoms with van der Waals surface area (Å²) < 4.78 is 34.6. The highest BCUT2D eigenvalue weighted by atomic mass is 19.4. The molecule has 0 aliphatic rings. The SMILES string of the molecule is [NH-][n+]1nnc(C(F)(F)F)[n-]1. The number of nitrogens with one attached hydrogen (secondary N) is 1. The highest BCUT2D eigenvalue weighted by Crippen LogP contribution is 2.23. The van der Waals surface area contributed by atoms with Crippen molar-refractivity contribution in [3.8, 4) is 0 Å². The van der Waals surface area contributed by atoms with Gasteiger partial charge in [-0.1, -0.05) is 5.10 Å². The van der Waals surface area contributed by atoms with Crippen LogP contribution < -0.4 is 10.0 Å². The molecule has 1 aromatic heterocycles. The highest BCUT2D eigenvalue weighted by molar-refractivity contribution is 4.79. The number of rotatable bonds is 0. The van der Waals surface area contributed by atoms with Gasteiger partial charge in [0, 0.05) is 0 Å². The molecule has 0 fully saturated rings. The van der Waals surface area contributed by atoms with E-state index in [9.17, 15) is 13.2 Å². The maximum atomic E-state index is 11.5. The third-order valence-electron chi connectivity index (χ3n) is 0.667. The smallest absolute Gasteiger partial charge is 0.398 e. The van der Waals surface area contributed by atoms with E-state index < -0.39 is 12.0 Å². The largest absolute Gasteiger partial charge is 0.450 e. The molecule has 0 saturated carbocycles. The second kappa shape index (κ2) is 1.82. The van der Waals surface area contributed by atoms with Crippen molar-refractivity contribution in [2.45, 2.75) is 6.18 Å². The first-order valence-electron chi connectivity index (χ1n) is 2.09. The molecule has 0 saturated heterocycles. The summed E-state index contributed by atoms with van der Waals surface area (Å²) in [6.07, 6.45) is -4.61. The van der Waals surface area contributed by atoms with Gasteiger partial charge in [0.1, 0.15) is 0 Å². The zero-order valence-corrected chi connectivity index (χ0v) is 4.42. The van der Waals surface area contributed by atoms with Crippen molar-refractivity contribution in [3.63, 3.8) is 0 Å². The average molecular weight is 152 g/mol. The molecule has 0 bridgehead atoms. The topological polar surface area (TPSA) is 67.6 Å². The van der Waals surface area contributed by atoms with Crippen molar-refractivity contribution in [2.75, 3.05) is 0 Å². The summed E-state index contributed by atoms with van der Waals surface area (Å²) in [6.45, 7) is 0. The third kappa shape index (κ3) is 1.14. The van der Waals surface area contributed by atoms with Crippen LogP contribution in [0.3, 0.4) is 0 Å². The van der Waals surface area contributed by atoms with Crippen LogP contribution >= 0.6 is 0 Å². The number of tetrazole rings is 1. The Bertz CT molecular complexity index is 225. The maximum absolute atomic E-state index is 11.5. The van der Waals surface area contributed by atoms with Gasteiger partial charge in [-0.25, -0.2) is 0 Å². The molecule has 0 amide bonds. The maximum Gasteiger partial charge on any atom is 0.450 e. The van der Waals surface area contributed by atoms with Gasteiger partial charge in [-0.2, -0.15) is 18.4 Å². The van der Waals surface area contributed by atoms with Gasteiger partial charge in [-0.05, 0) is 0 Å². The quantitative estimate of drug-likeness (QED) is 0.473. The molecule has 1 N–H and O–H groups in total. The van der Waals surface area contributed by atoms with Gasteiger partial charge in [0.25, 0.3) is 0 Å². The fourth-order valence-corrected chi connectivity index (χ4v) is 0.328. The van der Waals surface area contributed by atoms with Crippen molar-refractivity contribution in [1.29, 1.82) is 0 Å². The molecule has 0 aliphatic heterocycles. The molecular weight excluding hydrogens is 151 g/mol. The van der Waals surface area contributed by atoms with Crippen molar-refractivity contribution in [1.82, 2.24) is 15.4 Å². The number of hydrogen-bond donors (Lipinski definition) is 0. The fraction of sp³-hybridized carbons (Fsp3) is 0.500. The monoisotopic (exact) mass is 152 g/mol. The molecule has 56 valence electrons. The Balaban J connectivity index is 2.96. The Kier molecular flexibility index (Phi) is 1.23. The van der Waals surface area contributed by atoms with Gasteiger partial charge in [0.15, 0.2) is 0 Å². The zero-order valence-electron chi connectivity index (χ0n) is 4.42. The summed E-state index contributed by atoms with van der Waals surface area (Å²) in [5.41, 5.74) is 0. The molecule has 8 heteroatoms. The van der Waals surface area contributed by atoms with Crippen molar-refractivity contribution >= 4 is 0 Å². The number of nitrogens with zero attached hydrogens (tertiary/aromatic N) is 4. The minimum Gasteiger partial charge on any atom is -0.398 e. The second-order valence-corrected chi connectivity index (χ2v) is 1.40. The van der Waals surface area contributed by atoms with Crippen molar-refractivity contribution in [3.05, 3.63) is 11.7 Å². The van der Waals surface area contributed by atoms with Crippen LogP contribution in [-0.2, 0) is 6.18 Å². The number of alkyl halides is 3. The van der Waals surface area contributed by atoms with Gasteiger partial charge in [-0.3, -0.25) is 4.91 Å². The van der Waals surface area contributed by atoms with Gasteiger partial charge < -0.3 is 10.9 Å². The molecule has 0 aliphatic carbocycles. The van der Waals surface area contributed by atoms with E-state index in [0.29, 0.717) is 0 Å². The van der Waals surface area contributed by atoms with E-state index in [0.717, 1.165) is 0 Å². The molecule has 1 aromatic rings. The lowest BCUT2D eigenvalue weighted by Gasteiger charge is -1.99. The van der Waals surface area contributed by atoms with E-state index in [-0.39, 0.29) is 4.91 Å². The van der Waals surface area contributed by atoms with E-state index in [1.54, 1.807) is 0 Å². The molecule has 5 nitrogen and oxygen atoms in total. The Morgan fingerprint density at radius 1 is 1.50 bits per heavy atom. The van der Waals surface area contributed by atoms with E-state index in [2.05, 4.69) is 15.4 Å². The normalized spacial score (nSPS) is 11.9. The van der Waals surface area contributed by atoms with Gasteiger partial charge >= 0.3 is 6.18 Å². The zero-order chi connectivity index (χ0) is 7.78. The minimum atomic E-state index is -4.61. The summed E-state index contributed by atoms with van der Waals surface area (Å²) in [5, 5.41) is 7.88. The fourth-order valence-electron chi connectivity index (χ4n) is 0.328. The Labute approximate surface area is 52.6 Å². The number of hydrogen-bond acceptors (Lipinski definition) is 2. The van der Waals surface area contributed by atoms with Crippen LogP contribution in [0.25, 0.3) is 5.84 Å². The molecule has 1 heterocycles. The average Bonchev–Trinajstić information content (AvgIpc) is 2.11. The van der Waals surface area contributed by atoms with E-state index >= 15 is 0 Å². The van der Waals surface area contributed by atoms with Gasteiger partial charge in [0.2, 0.25) is 5.82 Å². The van der Waals surface area contributed by atoms with Gasteiger partial charge in [0.05, 0.1) is 0 Å². The Morgan fingerprint density at radius 2 is 2.10 bits per heavy atom. The van der Waals surface area contributed by atoms with E-state index in [1.165, 1.54) is 0 Å². The minimum absolute atomic E-state index is 0.00280. The first-order valence-corrected chi connectivity index (χ1v) is 2.09. The van der Waals surface area contributed by atoms with Crippen LogP contribution in [0.1, 0.15) is 5.82 Å². The summed E-state index contributed by atoms with van der Waals surface area (Å²) in [6, 6.07) is 0. The Morgan fingerprint density at radius 3 is 2.30 bits per heavy atom. The van der Waals surface area contributed by atoms with E-state index in [4.69, 9.17) is 5.84 Å². The molecule has 10 heavy (non-hydrogen) atoms. The lowest BCUT2D eigenvalue weighted by atomic mass is 10.6. The van der Waals surface area contributed by atoms with Crippen LogP contribution in [0.5, 0.6) is 0 Å². The standard InChI is InChI=1S/C2HF3N5/c3-2(4,5)1-7-9-10(6)8-1/h(H-,6,7,8,9)/q-1. The predicted octanol–water partition coefficient (Wildman–Crippen LogP) is -0.445. The molecular formula is C2HF3N5-. The van der Waals surface area contributed by atoms with Crippen LogP contribution in [0, 0.1) is 0 Å². The number of halogens is 3. The van der Waals surface area contributed by atoms with Crippen LogP contribution in [0.4, 0.5) is 13.2 Å². The lowest BCUT2D eigenvalue weighted by molar-refractivity contribution is -0.731. The Hall–Kier alpha value is -1.34. The summed E-state index contributed by atoms with van der Waals surface area (Å²) in [5.74, 6) is 5.03. The number of aromatic nitrogens is 4. The van der Waals surface area contributed by atoms with Crippen molar-refractivity contribution in [2.24, 2.45) is 0 Å². The summed E-state index contributed by atoms with van der Waals surface area (Å²) in [7, 11) is 0. The van der Waals surface area contributed by atoms with Crippen LogP contribution in [-0.4, -0.2) is 10.3 Å². The molecule has 0 atom stereocenters. The van der Waals surface area contributed by atoms with Crippen molar-refractivity contribution < 1.29 is 18.1 Å². The van der Waals surface area contributed by atoms with E-state index in [1.807, 2.05) is 0 Å². The summed E-state index contributed by atoms with van der Waals surface area (Å²) in [4.78, 5) is 0.00280. The second-order valence-electron chi connectivity index (χ2n) is 1.40. The molecule has 1 rings (SSSR count). The molecule has 0 unspecified atom stereocenters. The van der Waals surface area contributed by atoms with Gasteiger partial charge in [-0.15, -0.1) is 0 Å². The summed E-state index contributed by atoms with van der Waals surface area (Å²) >= 11 is 0. The van der Waals surface area contributed by atoms with Crippen LogP contribution in [0.15, 0.2) is 0 Å². The first-order chi connectivity index (χ1) is 4.50. The predicted molar refractivity (Wildman–Crippen MR) is 20.3 cm³/mol. The molecule has 0 spiro atoms. The molecule has 0 aromatic carbocycles.